The molecule has 2 rings (SSSR count). The number of piperidine rings is 2. The maximum atomic E-state index is 4.95. The van der Waals surface area contributed by atoms with Gasteiger partial charge in [0.05, 0.1) is 0 Å². The van der Waals surface area contributed by atoms with E-state index in [0.29, 0.717) is 12.0 Å². The molecule has 0 aromatic rings. The minimum absolute atomic E-state index is 0.535. The number of nitrogens with one attached hydrogen (secondary N) is 2. The first kappa shape index (κ1) is 22.2. The van der Waals surface area contributed by atoms with Crippen LogP contribution in [0.25, 0.3) is 0 Å². The SMILES string of the molecule is C=C(C)CN1CCC(NC(=NCC2CCCN(CC(C)C)C2)NCC)CC1. The third-order valence-electron chi connectivity index (χ3n) is 5.50. The summed E-state index contributed by atoms with van der Waals surface area (Å²) in [5.74, 6) is 2.46. The highest BCUT2D eigenvalue weighted by Gasteiger charge is 2.22. The van der Waals surface area contributed by atoms with E-state index in [1.54, 1.807) is 0 Å². The molecule has 2 fully saturated rings. The molecule has 0 saturated carbocycles. The smallest absolute Gasteiger partial charge is 0.191 e. The maximum Gasteiger partial charge on any atom is 0.191 e. The van der Waals surface area contributed by atoms with E-state index in [-0.39, 0.29) is 0 Å². The number of guanidine groups is 1. The summed E-state index contributed by atoms with van der Waals surface area (Å²) in [5, 5.41) is 7.14. The van der Waals surface area contributed by atoms with Crippen LogP contribution in [0.3, 0.4) is 0 Å². The lowest BCUT2D eigenvalue weighted by Gasteiger charge is -2.34. The zero-order valence-electron chi connectivity index (χ0n) is 18.3. The van der Waals surface area contributed by atoms with E-state index in [2.05, 4.69) is 54.7 Å². The van der Waals surface area contributed by atoms with E-state index in [9.17, 15) is 0 Å². The van der Waals surface area contributed by atoms with Gasteiger partial charge in [-0.05, 0) is 57.9 Å². The lowest BCUT2D eigenvalue weighted by Crippen LogP contribution is -2.49. The Morgan fingerprint density at radius 1 is 1.15 bits per heavy atom. The minimum Gasteiger partial charge on any atom is -0.357 e. The average Bonchev–Trinajstić information content (AvgIpc) is 2.61. The van der Waals surface area contributed by atoms with Crippen LogP contribution in [0.2, 0.25) is 0 Å². The Hall–Kier alpha value is -1.07. The van der Waals surface area contributed by atoms with Crippen molar-refractivity contribution in [2.75, 3.05) is 52.4 Å². The molecular formula is C22H43N5. The van der Waals surface area contributed by atoms with Gasteiger partial charge < -0.3 is 15.5 Å². The van der Waals surface area contributed by atoms with Crippen LogP contribution >= 0.6 is 0 Å². The Kier molecular flexibility index (Phi) is 9.63. The van der Waals surface area contributed by atoms with Crippen molar-refractivity contribution in [3.05, 3.63) is 12.2 Å². The van der Waals surface area contributed by atoms with Crippen LogP contribution in [0.5, 0.6) is 0 Å². The van der Waals surface area contributed by atoms with Crippen LogP contribution in [0, 0.1) is 11.8 Å². The number of rotatable bonds is 8. The maximum absolute atomic E-state index is 4.95. The van der Waals surface area contributed by atoms with Gasteiger partial charge in [-0.2, -0.15) is 0 Å². The number of likely N-dealkylation sites (tertiary alicyclic amines) is 2. The highest BCUT2D eigenvalue weighted by molar-refractivity contribution is 5.80. The van der Waals surface area contributed by atoms with Crippen LogP contribution in [0.15, 0.2) is 17.1 Å². The van der Waals surface area contributed by atoms with Gasteiger partial charge in [0.25, 0.3) is 0 Å². The molecule has 0 amide bonds. The highest BCUT2D eigenvalue weighted by atomic mass is 15.2. The number of hydrogen-bond acceptors (Lipinski definition) is 3. The van der Waals surface area contributed by atoms with Crippen molar-refractivity contribution < 1.29 is 0 Å². The summed E-state index contributed by atoms with van der Waals surface area (Å²) in [6.07, 6.45) is 5.00. The van der Waals surface area contributed by atoms with Crippen LogP contribution in [0.1, 0.15) is 53.4 Å². The molecule has 2 N–H and O–H groups in total. The molecule has 0 radical (unpaired) electrons. The second-order valence-electron chi connectivity index (χ2n) is 9.03. The molecule has 0 bridgehead atoms. The molecule has 0 aromatic carbocycles. The van der Waals surface area contributed by atoms with Gasteiger partial charge in [0.2, 0.25) is 0 Å². The zero-order valence-corrected chi connectivity index (χ0v) is 18.3. The quantitative estimate of drug-likeness (QED) is 0.388. The van der Waals surface area contributed by atoms with Crippen molar-refractivity contribution in [2.45, 2.75) is 59.4 Å². The first-order valence-electron chi connectivity index (χ1n) is 11.1. The molecular weight excluding hydrogens is 334 g/mol. The van der Waals surface area contributed by atoms with E-state index in [1.165, 1.54) is 50.9 Å². The summed E-state index contributed by atoms with van der Waals surface area (Å²) < 4.78 is 0. The lowest BCUT2D eigenvalue weighted by molar-refractivity contribution is 0.162. The summed E-state index contributed by atoms with van der Waals surface area (Å²) in [5.41, 5.74) is 1.26. The summed E-state index contributed by atoms with van der Waals surface area (Å²) in [4.78, 5) is 10.1. The van der Waals surface area contributed by atoms with E-state index in [1.807, 2.05) is 0 Å². The van der Waals surface area contributed by atoms with Gasteiger partial charge in [-0.3, -0.25) is 9.89 Å². The standard InChI is InChI=1S/C22H43N5/c1-6-23-22(25-21-9-12-26(13-10-21)15-18(2)3)24-14-20-8-7-11-27(17-20)16-19(4)5/h19-21H,2,6-17H2,1,3-5H3,(H2,23,24,25). The molecule has 2 saturated heterocycles. The molecule has 2 aliphatic heterocycles. The second kappa shape index (κ2) is 11.7. The molecule has 27 heavy (non-hydrogen) atoms. The third kappa shape index (κ3) is 8.65. The van der Waals surface area contributed by atoms with Gasteiger partial charge in [0.1, 0.15) is 0 Å². The predicted molar refractivity (Wildman–Crippen MR) is 117 cm³/mol. The average molecular weight is 378 g/mol. The topological polar surface area (TPSA) is 42.9 Å². The summed E-state index contributed by atoms with van der Waals surface area (Å²) in [7, 11) is 0. The largest absolute Gasteiger partial charge is 0.357 e. The van der Waals surface area contributed by atoms with Crippen molar-refractivity contribution in [1.29, 1.82) is 0 Å². The molecule has 5 heteroatoms. The predicted octanol–water partition coefficient (Wildman–Crippen LogP) is 2.95. The van der Waals surface area contributed by atoms with Gasteiger partial charge in [0, 0.05) is 51.9 Å². The first-order chi connectivity index (χ1) is 13.0. The van der Waals surface area contributed by atoms with Crippen LogP contribution in [-0.2, 0) is 0 Å². The van der Waals surface area contributed by atoms with Crippen LogP contribution in [0.4, 0.5) is 0 Å². The molecule has 0 aliphatic carbocycles. The molecule has 2 heterocycles. The van der Waals surface area contributed by atoms with Gasteiger partial charge >= 0.3 is 0 Å². The fourth-order valence-corrected chi connectivity index (χ4v) is 4.33. The fourth-order valence-electron chi connectivity index (χ4n) is 4.33. The molecule has 0 aromatic heterocycles. The van der Waals surface area contributed by atoms with Gasteiger partial charge in [0.15, 0.2) is 5.96 Å². The summed E-state index contributed by atoms with van der Waals surface area (Å²) in [6.45, 7) is 21.8. The molecule has 0 spiro atoms. The van der Waals surface area contributed by atoms with Crippen LogP contribution < -0.4 is 10.6 Å². The fraction of sp³-hybridized carbons (Fsp3) is 0.864. The van der Waals surface area contributed by atoms with E-state index in [0.717, 1.165) is 44.6 Å². The van der Waals surface area contributed by atoms with Crippen molar-refractivity contribution >= 4 is 5.96 Å². The summed E-state index contributed by atoms with van der Waals surface area (Å²) >= 11 is 0. The Balaban J connectivity index is 1.79. The van der Waals surface area contributed by atoms with Crippen molar-refractivity contribution in [3.63, 3.8) is 0 Å². The van der Waals surface area contributed by atoms with Crippen LogP contribution in [-0.4, -0.2) is 74.2 Å². The molecule has 5 nitrogen and oxygen atoms in total. The van der Waals surface area contributed by atoms with E-state index in [4.69, 9.17) is 4.99 Å². The molecule has 1 atom stereocenters. The Bertz CT molecular complexity index is 465. The Labute approximate surface area is 167 Å². The molecule has 1 unspecified atom stereocenters. The number of aliphatic imine (C=N–C) groups is 1. The van der Waals surface area contributed by atoms with Crippen molar-refractivity contribution in [3.8, 4) is 0 Å². The minimum atomic E-state index is 0.535. The highest BCUT2D eigenvalue weighted by Crippen LogP contribution is 2.18. The Morgan fingerprint density at radius 2 is 1.89 bits per heavy atom. The normalized spacial score (nSPS) is 23.6. The van der Waals surface area contributed by atoms with E-state index < -0.39 is 0 Å². The molecule has 2 aliphatic rings. The third-order valence-corrected chi connectivity index (χ3v) is 5.50. The van der Waals surface area contributed by atoms with Gasteiger partial charge in [-0.25, -0.2) is 0 Å². The second-order valence-corrected chi connectivity index (χ2v) is 9.03. The zero-order chi connectivity index (χ0) is 19.6. The Morgan fingerprint density at radius 3 is 2.52 bits per heavy atom. The number of nitrogens with zero attached hydrogens (tertiary/aromatic N) is 3. The van der Waals surface area contributed by atoms with Crippen molar-refractivity contribution in [1.82, 2.24) is 20.4 Å². The molecule has 156 valence electrons. The van der Waals surface area contributed by atoms with Gasteiger partial charge in [-0.1, -0.05) is 26.0 Å². The summed E-state index contributed by atoms with van der Waals surface area (Å²) in [6, 6.07) is 0.535. The van der Waals surface area contributed by atoms with Crippen molar-refractivity contribution in [2.24, 2.45) is 16.8 Å². The van der Waals surface area contributed by atoms with Gasteiger partial charge in [-0.15, -0.1) is 0 Å². The van der Waals surface area contributed by atoms with E-state index >= 15 is 0 Å². The lowest BCUT2D eigenvalue weighted by atomic mass is 9.97. The monoisotopic (exact) mass is 377 g/mol. The number of hydrogen-bond donors (Lipinski definition) is 2. The first-order valence-corrected chi connectivity index (χ1v) is 11.1.